The van der Waals surface area contributed by atoms with Crippen LogP contribution in [0.3, 0.4) is 0 Å². The van der Waals surface area contributed by atoms with Crippen molar-refractivity contribution < 1.29 is 13.0 Å². The van der Waals surface area contributed by atoms with E-state index in [0.29, 0.717) is 24.3 Å². The van der Waals surface area contributed by atoms with Crippen LogP contribution in [0.1, 0.15) is 57.8 Å². The van der Waals surface area contributed by atoms with Crippen LogP contribution < -0.4 is 0 Å². The van der Waals surface area contributed by atoms with Crippen molar-refractivity contribution in [3.8, 4) is 0 Å². The van der Waals surface area contributed by atoms with Crippen molar-refractivity contribution in [1.82, 2.24) is 4.90 Å². The zero-order valence-electron chi connectivity index (χ0n) is 13.8. The molecule has 3 rings (SSSR count). The Labute approximate surface area is 144 Å². The Morgan fingerprint density at radius 2 is 1.87 bits per heavy atom. The first kappa shape index (κ1) is 17.6. The summed E-state index contributed by atoms with van der Waals surface area (Å²) in [6, 6.07) is 0.502. The van der Waals surface area contributed by atoms with Gasteiger partial charge in [0, 0.05) is 23.6 Å². The van der Waals surface area contributed by atoms with E-state index in [4.69, 9.17) is 0 Å². The third-order valence-corrected chi connectivity index (χ3v) is 8.06. The first-order valence-electron chi connectivity index (χ1n) is 9.00. The Hall–Kier alpha value is -0.200. The van der Waals surface area contributed by atoms with E-state index >= 15 is 0 Å². The molecule has 6 heteroatoms. The lowest BCUT2D eigenvalue weighted by Gasteiger charge is -2.40. The quantitative estimate of drug-likeness (QED) is 0.703. The first-order chi connectivity index (χ1) is 10.9. The third-order valence-electron chi connectivity index (χ3n) is 5.91. The zero-order valence-corrected chi connectivity index (χ0v) is 15.4. The molecule has 4 nitrogen and oxygen atoms in total. The molecule has 0 aromatic heterocycles. The molecular weight excluding hydrogens is 330 g/mol. The van der Waals surface area contributed by atoms with E-state index in [2.05, 4.69) is 11.5 Å². The van der Waals surface area contributed by atoms with Gasteiger partial charge in [0.05, 0.1) is 15.1 Å². The molecule has 0 bridgehead atoms. The van der Waals surface area contributed by atoms with Crippen molar-refractivity contribution in [2.75, 3.05) is 12.3 Å². The van der Waals surface area contributed by atoms with Gasteiger partial charge in [-0.1, -0.05) is 38.7 Å². The molecule has 3 unspecified atom stereocenters. The molecule has 132 valence electrons. The fourth-order valence-corrected chi connectivity index (χ4v) is 6.64. The van der Waals surface area contributed by atoms with E-state index in [0.717, 1.165) is 16.9 Å². The molecule has 1 aliphatic heterocycles. The summed E-state index contributed by atoms with van der Waals surface area (Å²) in [4.78, 5) is 2.30. The van der Waals surface area contributed by atoms with Crippen LogP contribution in [0.5, 0.6) is 0 Å². The van der Waals surface area contributed by atoms with Gasteiger partial charge in [-0.2, -0.15) is 0 Å². The molecular formula is C17H28NO3S2-. The topological polar surface area (TPSA) is 60.4 Å². The van der Waals surface area contributed by atoms with Crippen molar-refractivity contribution in [3.63, 3.8) is 0 Å². The van der Waals surface area contributed by atoms with Crippen LogP contribution in [-0.2, 0) is 10.1 Å². The third kappa shape index (κ3) is 4.45. The van der Waals surface area contributed by atoms with Crippen LogP contribution >= 0.6 is 11.8 Å². The van der Waals surface area contributed by atoms with Gasteiger partial charge in [0.2, 0.25) is 0 Å². The molecule has 0 N–H and O–H groups in total. The van der Waals surface area contributed by atoms with E-state index < -0.39 is 10.1 Å². The Bertz CT molecular complexity index is 528. The molecule has 0 spiro atoms. The van der Waals surface area contributed by atoms with E-state index in [1.165, 1.54) is 51.4 Å². The molecule has 3 aliphatic rings. The summed E-state index contributed by atoms with van der Waals surface area (Å²) in [5, 5.41) is 1.69. The van der Waals surface area contributed by atoms with E-state index in [1.807, 2.05) is 11.8 Å². The van der Waals surface area contributed by atoms with Gasteiger partial charge >= 0.3 is 0 Å². The second kappa shape index (κ2) is 7.36. The summed E-state index contributed by atoms with van der Waals surface area (Å²) in [7, 11) is -4.10. The Kier molecular flexibility index (Phi) is 5.64. The highest BCUT2D eigenvalue weighted by Crippen LogP contribution is 2.49. The molecule has 3 atom stereocenters. The second-order valence-electron chi connectivity index (χ2n) is 7.40. The predicted molar refractivity (Wildman–Crippen MR) is 94.1 cm³/mol. The maximum absolute atomic E-state index is 10.8. The molecule has 1 heterocycles. The predicted octanol–water partition coefficient (Wildman–Crippen LogP) is 3.56. The standard InChI is InChI=1S/C17H29NO3S2/c1-13-18(10-5-11-23(19,20)21)16-12-15(8-9-17(16)22-13)14-6-3-2-4-7-14/h14-17H,1-12H2,(H,19,20,21)/p-1. The average Bonchev–Trinajstić information content (AvgIpc) is 2.82. The minimum atomic E-state index is -4.10. The molecule has 2 saturated carbocycles. The number of hydrogen-bond acceptors (Lipinski definition) is 5. The maximum atomic E-state index is 10.8. The lowest BCUT2D eigenvalue weighted by atomic mass is 9.72. The van der Waals surface area contributed by atoms with Crippen molar-refractivity contribution in [3.05, 3.63) is 11.6 Å². The van der Waals surface area contributed by atoms with Gasteiger partial charge in [-0.3, -0.25) is 0 Å². The Morgan fingerprint density at radius 3 is 2.57 bits per heavy atom. The molecule has 23 heavy (non-hydrogen) atoms. The normalized spacial score (nSPS) is 33.0. The summed E-state index contributed by atoms with van der Waals surface area (Å²) < 4.78 is 32.5. The summed E-state index contributed by atoms with van der Waals surface area (Å²) in [6.45, 7) is 4.83. The molecule has 0 amide bonds. The lowest BCUT2D eigenvalue weighted by molar-refractivity contribution is 0.134. The molecule has 0 aromatic rings. The van der Waals surface area contributed by atoms with Gasteiger partial charge in [0.15, 0.2) is 0 Å². The monoisotopic (exact) mass is 358 g/mol. The summed E-state index contributed by atoms with van der Waals surface area (Å²) >= 11 is 1.87. The molecule has 0 aromatic carbocycles. The smallest absolute Gasteiger partial charge is 0.0946 e. The van der Waals surface area contributed by atoms with Crippen LogP contribution in [0.15, 0.2) is 11.6 Å². The minimum absolute atomic E-state index is 0.259. The van der Waals surface area contributed by atoms with Gasteiger partial charge < -0.3 is 9.45 Å². The van der Waals surface area contributed by atoms with Gasteiger partial charge in [-0.25, -0.2) is 8.42 Å². The average molecular weight is 359 g/mol. The Balaban J connectivity index is 1.58. The van der Waals surface area contributed by atoms with Crippen LogP contribution in [0.25, 0.3) is 0 Å². The second-order valence-corrected chi connectivity index (χ2v) is 10.2. The fraction of sp³-hybridized carbons (Fsp3) is 0.882. The lowest BCUT2D eigenvalue weighted by Crippen LogP contribution is -2.41. The minimum Gasteiger partial charge on any atom is -0.748 e. The molecule has 3 fully saturated rings. The summed E-state index contributed by atoms with van der Waals surface area (Å²) in [6.07, 6.45) is 11.2. The molecule has 2 aliphatic carbocycles. The van der Waals surface area contributed by atoms with E-state index in [9.17, 15) is 13.0 Å². The molecule has 1 saturated heterocycles. The highest BCUT2D eigenvalue weighted by atomic mass is 32.2. The van der Waals surface area contributed by atoms with Gasteiger partial charge in [0.25, 0.3) is 0 Å². The van der Waals surface area contributed by atoms with Gasteiger partial charge in [0.1, 0.15) is 0 Å². The zero-order chi connectivity index (χ0) is 16.4. The largest absolute Gasteiger partial charge is 0.748 e. The van der Waals surface area contributed by atoms with Crippen LogP contribution in [0.4, 0.5) is 0 Å². The Morgan fingerprint density at radius 1 is 1.13 bits per heavy atom. The van der Waals surface area contributed by atoms with Crippen LogP contribution in [0.2, 0.25) is 0 Å². The van der Waals surface area contributed by atoms with Crippen LogP contribution in [-0.4, -0.2) is 41.5 Å². The number of rotatable bonds is 5. The molecule has 0 radical (unpaired) electrons. The maximum Gasteiger partial charge on any atom is 0.0946 e. The highest BCUT2D eigenvalue weighted by Gasteiger charge is 2.42. The van der Waals surface area contributed by atoms with Crippen molar-refractivity contribution in [2.45, 2.75) is 69.1 Å². The fourth-order valence-electron chi connectivity index (χ4n) is 4.78. The van der Waals surface area contributed by atoms with E-state index in [-0.39, 0.29) is 5.75 Å². The number of thioether (sulfide) groups is 1. The summed E-state index contributed by atoms with van der Waals surface area (Å²) in [5.74, 6) is 1.46. The SMILES string of the molecule is C=C1SC2CCC(C3CCCCC3)CC2N1CCCS(=O)(=O)[O-]. The number of fused-ring (bicyclic) bond motifs is 1. The highest BCUT2D eigenvalue weighted by molar-refractivity contribution is 8.03. The summed E-state index contributed by atoms with van der Waals surface area (Å²) in [5.41, 5.74) is 0. The first-order valence-corrected chi connectivity index (χ1v) is 11.5. The van der Waals surface area contributed by atoms with E-state index in [1.54, 1.807) is 0 Å². The number of hydrogen-bond donors (Lipinski definition) is 0. The van der Waals surface area contributed by atoms with Crippen molar-refractivity contribution in [2.24, 2.45) is 11.8 Å². The van der Waals surface area contributed by atoms with Crippen molar-refractivity contribution >= 4 is 21.9 Å². The van der Waals surface area contributed by atoms with Crippen molar-refractivity contribution in [1.29, 1.82) is 0 Å². The van der Waals surface area contributed by atoms with Gasteiger partial charge in [-0.05, 0) is 37.5 Å². The van der Waals surface area contributed by atoms with Gasteiger partial charge in [-0.15, -0.1) is 11.8 Å². The number of nitrogens with zero attached hydrogens (tertiary/aromatic N) is 1. The van der Waals surface area contributed by atoms with Crippen LogP contribution in [0, 0.1) is 11.8 Å².